The van der Waals surface area contributed by atoms with Gasteiger partial charge in [-0.25, -0.2) is 0 Å². The number of carbonyl (C=O) groups is 1. The molecule has 0 saturated carbocycles. The fraction of sp³-hybridized carbons (Fsp3) is 0.200. The van der Waals surface area contributed by atoms with Gasteiger partial charge in [-0.2, -0.15) is 0 Å². The van der Waals surface area contributed by atoms with Crippen molar-refractivity contribution in [3.8, 4) is 0 Å². The van der Waals surface area contributed by atoms with Gasteiger partial charge < -0.3 is 4.90 Å². The van der Waals surface area contributed by atoms with Crippen LogP contribution in [0.25, 0.3) is 0 Å². The first-order valence-corrected chi connectivity index (χ1v) is 8.93. The molecule has 0 fully saturated rings. The first-order valence-electron chi connectivity index (χ1n) is 8.05. The second-order valence-corrected chi connectivity index (χ2v) is 6.66. The lowest BCUT2D eigenvalue weighted by Crippen LogP contribution is -2.33. The van der Waals surface area contributed by atoms with Crippen molar-refractivity contribution in [3.63, 3.8) is 0 Å². The molecule has 122 valence electrons. The largest absolute Gasteiger partial charge is 0.338 e. The average Bonchev–Trinajstić information content (AvgIpc) is 3.13. The quantitative estimate of drug-likeness (QED) is 0.654. The summed E-state index contributed by atoms with van der Waals surface area (Å²) < 4.78 is 0. The van der Waals surface area contributed by atoms with E-state index in [4.69, 9.17) is 0 Å². The molecule has 0 radical (unpaired) electrons. The van der Waals surface area contributed by atoms with Gasteiger partial charge in [-0.1, -0.05) is 42.5 Å². The molecule has 3 nitrogen and oxygen atoms in total. The summed E-state index contributed by atoms with van der Waals surface area (Å²) in [5, 5.41) is 2.01. The van der Waals surface area contributed by atoms with E-state index in [1.165, 1.54) is 0 Å². The first kappa shape index (κ1) is 16.4. The van der Waals surface area contributed by atoms with Crippen LogP contribution < -0.4 is 0 Å². The maximum Gasteiger partial charge on any atom is 0.228 e. The van der Waals surface area contributed by atoms with Gasteiger partial charge in [-0.15, -0.1) is 11.3 Å². The molecule has 0 unspecified atom stereocenters. The van der Waals surface area contributed by atoms with Gasteiger partial charge in [0.1, 0.15) is 0 Å². The number of thiophene rings is 1. The van der Waals surface area contributed by atoms with Gasteiger partial charge in [-0.05, 0) is 29.1 Å². The molecule has 0 atom stereocenters. The highest BCUT2D eigenvalue weighted by molar-refractivity contribution is 7.10. The Morgan fingerprint density at radius 2 is 1.83 bits per heavy atom. The third-order valence-electron chi connectivity index (χ3n) is 3.84. The molecule has 0 bridgehead atoms. The van der Waals surface area contributed by atoms with E-state index in [2.05, 4.69) is 17.1 Å². The Labute approximate surface area is 146 Å². The van der Waals surface area contributed by atoms with Gasteiger partial charge in [0.15, 0.2) is 0 Å². The van der Waals surface area contributed by atoms with Crippen molar-refractivity contribution in [2.45, 2.75) is 19.4 Å². The second-order valence-electron chi connectivity index (χ2n) is 5.63. The highest BCUT2D eigenvalue weighted by Gasteiger charge is 2.15. The molecular weight excluding hydrogens is 316 g/mol. The lowest BCUT2D eigenvalue weighted by molar-refractivity contribution is -0.131. The molecule has 2 aromatic heterocycles. The number of hydrogen-bond acceptors (Lipinski definition) is 3. The summed E-state index contributed by atoms with van der Waals surface area (Å²) in [6, 6.07) is 20.0. The zero-order valence-electron chi connectivity index (χ0n) is 13.5. The van der Waals surface area contributed by atoms with Gasteiger partial charge in [0, 0.05) is 36.3 Å². The van der Waals surface area contributed by atoms with E-state index in [9.17, 15) is 4.79 Å². The van der Waals surface area contributed by atoms with Crippen LogP contribution in [0.2, 0.25) is 0 Å². The Bertz CT molecular complexity index is 742. The van der Waals surface area contributed by atoms with Crippen LogP contribution in [0.3, 0.4) is 0 Å². The second kappa shape index (κ2) is 8.41. The standard InChI is InChI=1S/C20H20N2OS/c23-20(15-19-10-6-14-24-19)22(16-17-7-2-1-3-8-17)13-11-18-9-4-5-12-21-18/h1-10,12,14H,11,13,15-16H2. The van der Waals surface area contributed by atoms with E-state index in [0.717, 1.165) is 22.6 Å². The Kier molecular flexibility index (Phi) is 5.75. The summed E-state index contributed by atoms with van der Waals surface area (Å²) in [5.41, 5.74) is 2.16. The van der Waals surface area contributed by atoms with Crippen LogP contribution in [0.5, 0.6) is 0 Å². The van der Waals surface area contributed by atoms with E-state index in [1.54, 1.807) is 17.5 Å². The van der Waals surface area contributed by atoms with E-state index in [1.807, 2.05) is 58.8 Å². The zero-order valence-corrected chi connectivity index (χ0v) is 14.3. The summed E-state index contributed by atoms with van der Waals surface area (Å²) in [7, 11) is 0. The van der Waals surface area contributed by atoms with Crippen LogP contribution in [0, 0.1) is 0 Å². The minimum atomic E-state index is 0.164. The van der Waals surface area contributed by atoms with Crippen LogP contribution in [-0.4, -0.2) is 22.3 Å². The van der Waals surface area contributed by atoms with Gasteiger partial charge in [-0.3, -0.25) is 9.78 Å². The first-order chi connectivity index (χ1) is 11.8. The Morgan fingerprint density at radius 3 is 2.54 bits per heavy atom. The van der Waals surface area contributed by atoms with Crippen molar-refractivity contribution in [2.24, 2.45) is 0 Å². The number of hydrogen-bond donors (Lipinski definition) is 0. The van der Waals surface area contributed by atoms with Crippen LogP contribution in [0.1, 0.15) is 16.1 Å². The Morgan fingerprint density at radius 1 is 1.00 bits per heavy atom. The number of carbonyl (C=O) groups excluding carboxylic acids is 1. The Balaban J connectivity index is 1.68. The summed E-state index contributed by atoms with van der Waals surface area (Å²) in [6.45, 7) is 1.31. The number of benzene rings is 1. The van der Waals surface area contributed by atoms with Crippen LogP contribution in [0.4, 0.5) is 0 Å². The Hall–Kier alpha value is -2.46. The topological polar surface area (TPSA) is 33.2 Å². The zero-order chi connectivity index (χ0) is 16.6. The molecule has 1 aromatic carbocycles. The van der Waals surface area contributed by atoms with Crippen LogP contribution >= 0.6 is 11.3 Å². The lowest BCUT2D eigenvalue weighted by atomic mass is 10.2. The minimum Gasteiger partial charge on any atom is -0.338 e. The highest BCUT2D eigenvalue weighted by Crippen LogP contribution is 2.13. The molecule has 0 spiro atoms. The normalized spacial score (nSPS) is 10.5. The molecule has 3 aromatic rings. The monoisotopic (exact) mass is 336 g/mol. The van der Waals surface area contributed by atoms with Crippen molar-refractivity contribution in [3.05, 3.63) is 88.4 Å². The predicted octanol–water partition coefficient (Wildman–Crippen LogP) is 3.96. The van der Waals surface area contributed by atoms with Gasteiger partial charge in [0.05, 0.1) is 6.42 Å². The van der Waals surface area contributed by atoms with Crippen molar-refractivity contribution in [1.29, 1.82) is 0 Å². The van der Waals surface area contributed by atoms with Crippen molar-refractivity contribution in [2.75, 3.05) is 6.54 Å². The number of pyridine rings is 1. The molecule has 2 heterocycles. The highest BCUT2D eigenvalue weighted by atomic mass is 32.1. The molecule has 0 aliphatic carbocycles. The van der Waals surface area contributed by atoms with Gasteiger partial charge in [0.2, 0.25) is 5.91 Å². The van der Waals surface area contributed by atoms with Crippen molar-refractivity contribution in [1.82, 2.24) is 9.88 Å². The summed E-state index contributed by atoms with van der Waals surface area (Å²) in [6.07, 6.45) is 3.03. The maximum absolute atomic E-state index is 12.7. The molecule has 0 N–H and O–H groups in total. The minimum absolute atomic E-state index is 0.164. The van der Waals surface area contributed by atoms with Gasteiger partial charge >= 0.3 is 0 Å². The molecule has 0 aliphatic rings. The number of nitrogens with zero attached hydrogens (tertiary/aromatic N) is 2. The average molecular weight is 336 g/mol. The predicted molar refractivity (Wildman–Crippen MR) is 97.8 cm³/mol. The van der Waals surface area contributed by atoms with E-state index in [-0.39, 0.29) is 5.91 Å². The van der Waals surface area contributed by atoms with Crippen molar-refractivity contribution < 1.29 is 4.79 Å². The molecule has 0 saturated heterocycles. The molecule has 0 aliphatic heterocycles. The molecule has 3 rings (SSSR count). The van der Waals surface area contributed by atoms with Crippen molar-refractivity contribution >= 4 is 17.2 Å². The third-order valence-corrected chi connectivity index (χ3v) is 4.71. The lowest BCUT2D eigenvalue weighted by Gasteiger charge is -2.22. The number of amides is 1. The van der Waals surface area contributed by atoms with E-state index < -0.39 is 0 Å². The number of aromatic nitrogens is 1. The summed E-state index contributed by atoms with van der Waals surface area (Å²) in [4.78, 5) is 20.1. The smallest absolute Gasteiger partial charge is 0.228 e. The van der Waals surface area contributed by atoms with Crippen LogP contribution in [0.15, 0.2) is 72.2 Å². The van der Waals surface area contributed by atoms with E-state index in [0.29, 0.717) is 19.5 Å². The van der Waals surface area contributed by atoms with Gasteiger partial charge in [0.25, 0.3) is 0 Å². The SMILES string of the molecule is O=C(Cc1cccs1)N(CCc1ccccn1)Cc1ccccc1. The molecule has 1 amide bonds. The summed E-state index contributed by atoms with van der Waals surface area (Å²) >= 11 is 1.63. The molecular formula is C20H20N2OS. The third kappa shape index (κ3) is 4.77. The number of rotatable bonds is 7. The van der Waals surface area contributed by atoms with E-state index >= 15 is 0 Å². The fourth-order valence-electron chi connectivity index (χ4n) is 2.57. The summed E-state index contributed by atoms with van der Waals surface area (Å²) in [5.74, 6) is 0.164. The molecule has 4 heteroatoms. The fourth-order valence-corrected chi connectivity index (χ4v) is 3.26. The molecule has 24 heavy (non-hydrogen) atoms. The van der Waals surface area contributed by atoms with Crippen LogP contribution in [-0.2, 0) is 24.2 Å². The maximum atomic E-state index is 12.7.